The molecule has 1 atom stereocenters. The SMILES string of the molecule is CN(C)C(=O)N1CCCC1c1nc(C(=O)NCCN2CCCCC2)c2ccccn12. The minimum Gasteiger partial charge on any atom is -0.349 e. The fraction of sp³-hybridized carbons (Fsp3) is 0.591. The summed E-state index contributed by atoms with van der Waals surface area (Å²) in [4.78, 5) is 36.2. The van der Waals surface area contributed by atoms with Crippen LogP contribution in [0.2, 0.25) is 0 Å². The molecule has 2 aromatic heterocycles. The van der Waals surface area contributed by atoms with E-state index in [2.05, 4.69) is 10.2 Å². The van der Waals surface area contributed by atoms with Crippen molar-refractivity contribution in [3.8, 4) is 0 Å². The summed E-state index contributed by atoms with van der Waals surface area (Å²) in [5, 5.41) is 3.05. The Bertz CT molecular complexity index is 902. The zero-order chi connectivity index (χ0) is 21.1. The molecule has 4 heterocycles. The fourth-order valence-electron chi connectivity index (χ4n) is 4.58. The van der Waals surface area contributed by atoms with E-state index >= 15 is 0 Å². The van der Waals surface area contributed by atoms with Gasteiger partial charge in [0.2, 0.25) is 0 Å². The second-order valence-electron chi connectivity index (χ2n) is 8.46. The van der Waals surface area contributed by atoms with Gasteiger partial charge < -0.3 is 24.4 Å². The van der Waals surface area contributed by atoms with E-state index < -0.39 is 0 Å². The van der Waals surface area contributed by atoms with Gasteiger partial charge in [0.05, 0.1) is 11.6 Å². The van der Waals surface area contributed by atoms with Crippen LogP contribution in [0.1, 0.15) is 54.5 Å². The number of carbonyl (C=O) groups is 2. The molecular weight excluding hydrogens is 380 g/mol. The molecule has 0 saturated carbocycles. The van der Waals surface area contributed by atoms with Gasteiger partial charge in [0.15, 0.2) is 5.69 Å². The lowest BCUT2D eigenvalue weighted by Crippen LogP contribution is -2.39. The van der Waals surface area contributed by atoms with Crippen LogP contribution in [-0.2, 0) is 0 Å². The number of aromatic nitrogens is 2. The Hall–Kier alpha value is -2.61. The summed E-state index contributed by atoms with van der Waals surface area (Å²) in [5.41, 5.74) is 1.22. The number of rotatable bonds is 5. The van der Waals surface area contributed by atoms with Crippen molar-refractivity contribution in [3.05, 3.63) is 35.9 Å². The van der Waals surface area contributed by atoms with Gasteiger partial charge >= 0.3 is 6.03 Å². The normalized spacial score (nSPS) is 19.9. The van der Waals surface area contributed by atoms with Crippen molar-refractivity contribution in [2.75, 3.05) is 46.8 Å². The smallest absolute Gasteiger partial charge is 0.320 e. The first-order valence-electron chi connectivity index (χ1n) is 11.0. The third kappa shape index (κ3) is 4.14. The van der Waals surface area contributed by atoms with Crippen LogP contribution >= 0.6 is 0 Å². The Balaban J connectivity index is 1.53. The third-order valence-corrected chi connectivity index (χ3v) is 6.13. The van der Waals surface area contributed by atoms with Crippen LogP contribution in [0.3, 0.4) is 0 Å². The molecule has 2 saturated heterocycles. The molecule has 0 spiro atoms. The zero-order valence-corrected chi connectivity index (χ0v) is 18.0. The second-order valence-corrected chi connectivity index (χ2v) is 8.46. The number of pyridine rings is 1. The first-order chi connectivity index (χ1) is 14.6. The molecule has 2 aliphatic rings. The van der Waals surface area contributed by atoms with E-state index in [-0.39, 0.29) is 18.0 Å². The fourth-order valence-corrected chi connectivity index (χ4v) is 4.58. The molecule has 0 bridgehead atoms. The van der Waals surface area contributed by atoms with Crippen LogP contribution < -0.4 is 5.32 Å². The monoisotopic (exact) mass is 412 g/mol. The second kappa shape index (κ2) is 9.04. The average molecular weight is 413 g/mol. The largest absolute Gasteiger partial charge is 0.349 e. The first-order valence-corrected chi connectivity index (χ1v) is 11.0. The topological polar surface area (TPSA) is 73.2 Å². The summed E-state index contributed by atoms with van der Waals surface area (Å²) in [7, 11) is 3.53. The summed E-state index contributed by atoms with van der Waals surface area (Å²) in [6.07, 6.45) is 7.51. The summed E-state index contributed by atoms with van der Waals surface area (Å²) in [5.74, 6) is 0.616. The van der Waals surface area contributed by atoms with Crippen molar-refractivity contribution in [1.29, 1.82) is 0 Å². The molecular formula is C22H32N6O2. The van der Waals surface area contributed by atoms with Crippen LogP contribution in [0, 0.1) is 0 Å². The van der Waals surface area contributed by atoms with Gasteiger partial charge in [0, 0.05) is 39.9 Å². The minimum atomic E-state index is -0.148. The van der Waals surface area contributed by atoms with Crippen molar-refractivity contribution in [2.45, 2.75) is 38.1 Å². The quantitative estimate of drug-likeness (QED) is 0.818. The van der Waals surface area contributed by atoms with Gasteiger partial charge in [-0.15, -0.1) is 0 Å². The van der Waals surface area contributed by atoms with E-state index in [0.717, 1.165) is 43.8 Å². The molecule has 3 amide bonds. The van der Waals surface area contributed by atoms with E-state index in [4.69, 9.17) is 4.98 Å². The summed E-state index contributed by atoms with van der Waals surface area (Å²) >= 11 is 0. The number of hydrogen-bond acceptors (Lipinski definition) is 4. The summed E-state index contributed by atoms with van der Waals surface area (Å²) in [6, 6.07) is 5.64. The lowest BCUT2D eigenvalue weighted by molar-refractivity contribution is 0.0943. The van der Waals surface area contributed by atoms with Crippen LogP contribution in [0.25, 0.3) is 5.52 Å². The van der Waals surface area contributed by atoms with E-state index in [1.54, 1.807) is 19.0 Å². The molecule has 2 fully saturated rings. The highest BCUT2D eigenvalue weighted by Gasteiger charge is 2.34. The number of likely N-dealkylation sites (tertiary alicyclic amines) is 2. The summed E-state index contributed by atoms with van der Waals surface area (Å²) in [6.45, 7) is 4.43. The van der Waals surface area contributed by atoms with Crippen molar-refractivity contribution < 1.29 is 9.59 Å². The van der Waals surface area contributed by atoms with E-state index in [1.807, 2.05) is 33.7 Å². The van der Waals surface area contributed by atoms with Crippen molar-refractivity contribution in [3.63, 3.8) is 0 Å². The number of nitrogens with zero attached hydrogens (tertiary/aromatic N) is 5. The lowest BCUT2D eigenvalue weighted by atomic mass is 10.1. The van der Waals surface area contributed by atoms with Gasteiger partial charge in [-0.25, -0.2) is 9.78 Å². The van der Waals surface area contributed by atoms with Gasteiger partial charge in [0.25, 0.3) is 5.91 Å². The highest BCUT2D eigenvalue weighted by Crippen LogP contribution is 2.33. The Morgan fingerprint density at radius 2 is 1.93 bits per heavy atom. The molecule has 1 N–H and O–H groups in total. The average Bonchev–Trinajstić information content (AvgIpc) is 3.38. The molecule has 0 aliphatic carbocycles. The standard InChI is InChI=1S/C22H32N6O2/c1-25(2)22(30)28-15-8-10-18(28)20-24-19(17-9-4-7-14-27(17)20)21(29)23-11-16-26-12-5-3-6-13-26/h4,7,9,14,18H,3,5-6,8,10-13,15-16H2,1-2H3,(H,23,29). The van der Waals surface area contributed by atoms with Crippen molar-refractivity contribution in [1.82, 2.24) is 29.4 Å². The number of carbonyl (C=O) groups excluding carboxylic acids is 2. The number of piperidine rings is 1. The van der Waals surface area contributed by atoms with Gasteiger partial charge in [0.1, 0.15) is 5.82 Å². The van der Waals surface area contributed by atoms with Crippen LogP contribution in [0.5, 0.6) is 0 Å². The van der Waals surface area contributed by atoms with Gasteiger partial charge in [-0.1, -0.05) is 12.5 Å². The minimum absolute atomic E-state index is 0.0160. The van der Waals surface area contributed by atoms with E-state index in [9.17, 15) is 9.59 Å². The Morgan fingerprint density at radius 1 is 1.13 bits per heavy atom. The number of imidazole rings is 1. The molecule has 8 heteroatoms. The number of hydrogen-bond donors (Lipinski definition) is 1. The highest BCUT2D eigenvalue weighted by atomic mass is 16.2. The third-order valence-electron chi connectivity index (χ3n) is 6.13. The lowest BCUT2D eigenvalue weighted by Gasteiger charge is -2.27. The van der Waals surface area contributed by atoms with Crippen LogP contribution in [0.15, 0.2) is 24.4 Å². The first kappa shape index (κ1) is 20.7. The predicted molar refractivity (Wildman–Crippen MR) is 116 cm³/mol. The molecule has 0 aromatic carbocycles. The molecule has 8 nitrogen and oxygen atoms in total. The Morgan fingerprint density at radius 3 is 2.70 bits per heavy atom. The van der Waals surface area contributed by atoms with Gasteiger partial charge in [-0.3, -0.25) is 4.79 Å². The Labute approximate surface area is 177 Å². The molecule has 2 aliphatic heterocycles. The van der Waals surface area contributed by atoms with E-state index in [0.29, 0.717) is 18.8 Å². The molecule has 1 unspecified atom stereocenters. The number of fused-ring (bicyclic) bond motifs is 1. The molecule has 4 rings (SSSR count). The highest BCUT2D eigenvalue weighted by molar-refractivity contribution is 5.99. The predicted octanol–water partition coefficient (Wildman–Crippen LogP) is 2.37. The number of nitrogens with one attached hydrogen (secondary N) is 1. The van der Waals surface area contributed by atoms with Crippen molar-refractivity contribution >= 4 is 17.5 Å². The van der Waals surface area contributed by atoms with Gasteiger partial charge in [-0.05, 0) is 50.9 Å². The van der Waals surface area contributed by atoms with Crippen molar-refractivity contribution in [2.24, 2.45) is 0 Å². The maximum atomic E-state index is 13.0. The summed E-state index contributed by atoms with van der Waals surface area (Å²) < 4.78 is 1.96. The maximum Gasteiger partial charge on any atom is 0.320 e. The molecule has 30 heavy (non-hydrogen) atoms. The molecule has 2 aromatic rings. The molecule has 0 radical (unpaired) electrons. The van der Waals surface area contributed by atoms with Gasteiger partial charge in [-0.2, -0.15) is 0 Å². The Kier molecular flexibility index (Phi) is 6.22. The number of amides is 3. The maximum absolute atomic E-state index is 13.0. The van der Waals surface area contributed by atoms with E-state index in [1.165, 1.54) is 19.3 Å². The van der Waals surface area contributed by atoms with Crippen LogP contribution in [-0.4, -0.2) is 82.8 Å². The van der Waals surface area contributed by atoms with Crippen LogP contribution in [0.4, 0.5) is 4.79 Å². The number of urea groups is 1. The zero-order valence-electron chi connectivity index (χ0n) is 18.0. The molecule has 162 valence electrons.